The molecule has 0 N–H and O–H groups in total. The first-order valence-electron chi connectivity index (χ1n) is 4.85. The van der Waals surface area contributed by atoms with E-state index in [1.807, 2.05) is 6.92 Å². The predicted octanol–water partition coefficient (Wildman–Crippen LogP) is 3.77. The summed E-state index contributed by atoms with van der Waals surface area (Å²) in [5.41, 5.74) is 0. The summed E-state index contributed by atoms with van der Waals surface area (Å²) < 4.78 is 12.2. The van der Waals surface area contributed by atoms with Gasteiger partial charge in [0, 0.05) is 6.92 Å². The number of hydrogen-bond acceptors (Lipinski definition) is 3. The molecule has 0 spiro atoms. The fraction of sp³-hybridized carbons (Fsp3) is 0.364. The molecule has 3 nitrogen and oxygen atoms in total. The number of carbonyl (C=O) groups excluding carboxylic acids is 1. The highest BCUT2D eigenvalue weighted by molar-refractivity contribution is 14.1. The summed E-state index contributed by atoms with van der Waals surface area (Å²) in [6.45, 7) is 4.10. The average Bonchev–Trinajstić information content (AvgIpc) is 2.23. The van der Waals surface area contributed by atoms with Gasteiger partial charge >= 0.3 is 5.97 Å². The van der Waals surface area contributed by atoms with Crippen LogP contribution in [-0.2, 0) is 4.79 Å². The number of halogens is 2. The molecule has 0 unspecified atom stereocenters. The Hall–Kier alpha value is -0.300. The minimum Gasteiger partial charge on any atom is -0.492 e. The summed E-state index contributed by atoms with van der Waals surface area (Å²) in [4.78, 5) is 10.9. The van der Waals surface area contributed by atoms with Gasteiger partial charge in [0.05, 0.1) is 14.6 Å². The zero-order valence-corrected chi connectivity index (χ0v) is 12.8. The molecular weight excluding hydrogens is 387 g/mol. The minimum absolute atomic E-state index is 0.327. The highest BCUT2D eigenvalue weighted by Crippen LogP contribution is 2.36. The van der Waals surface area contributed by atoms with E-state index in [2.05, 4.69) is 38.5 Å². The van der Waals surface area contributed by atoms with Crippen molar-refractivity contribution in [3.63, 3.8) is 0 Å². The van der Waals surface area contributed by atoms with Crippen LogP contribution >= 0.6 is 38.5 Å². The Labute approximate surface area is 117 Å². The van der Waals surface area contributed by atoms with Crippen molar-refractivity contribution in [2.75, 3.05) is 6.61 Å². The summed E-state index contributed by atoms with van der Waals surface area (Å²) in [6.07, 6.45) is 0.953. The molecule has 5 heteroatoms. The van der Waals surface area contributed by atoms with E-state index in [1.165, 1.54) is 6.92 Å². The molecule has 88 valence electrons. The third kappa shape index (κ3) is 3.62. The second-order valence-corrected chi connectivity index (χ2v) is 5.00. The number of rotatable bonds is 4. The summed E-state index contributed by atoms with van der Waals surface area (Å²) in [5, 5.41) is 0. The van der Waals surface area contributed by atoms with E-state index in [9.17, 15) is 4.79 Å². The van der Waals surface area contributed by atoms with Crippen molar-refractivity contribution in [2.45, 2.75) is 20.3 Å². The van der Waals surface area contributed by atoms with Crippen LogP contribution in [0.4, 0.5) is 0 Å². The van der Waals surface area contributed by atoms with Crippen LogP contribution in [0.25, 0.3) is 0 Å². The van der Waals surface area contributed by atoms with Gasteiger partial charge in [-0.2, -0.15) is 0 Å². The van der Waals surface area contributed by atoms with Gasteiger partial charge in [-0.25, -0.2) is 0 Å². The van der Waals surface area contributed by atoms with Gasteiger partial charge in [0.15, 0.2) is 0 Å². The second kappa shape index (κ2) is 6.44. The van der Waals surface area contributed by atoms with Crippen LogP contribution in [0.2, 0.25) is 0 Å². The number of hydrogen-bond donors (Lipinski definition) is 0. The highest BCUT2D eigenvalue weighted by atomic mass is 127. The lowest BCUT2D eigenvalue weighted by Gasteiger charge is -2.11. The van der Waals surface area contributed by atoms with Crippen molar-refractivity contribution in [2.24, 2.45) is 0 Å². The third-order valence-electron chi connectivity index (χ3n) is 1.73. The Bertz CT molecular complexity index is 393. The van der Waals surface area contributed by atoms with Gasteiger partial charge in [0.2, 0.25) is 0 Å². The van der Waals surface area contributed by atoms with Crippen molar-refractivity contribution in [1.82, 2.24) is 0 Å². The molecule has 1 aromatic rings. The predicted molar refractivity (Wildman–Crippen MR) is 74.0 cm³/mol. The van der Waals surface area contributed by atoms with Crippen LogP contribution in [0.5, 0.6) is 11.5 Å². The molecule has 0 amide bonds. The highest BCUT2D eigenvalue weighted by Gasteiger charge is 2.12. The zero-order chi connectivity index (χ0) is 12.1. The van der Waals surface area contributed by atoms with Gasteiger partial charge in [0.1, 0.15) is 11.5 Å². The zero-order valence-electron chi connectivity index (χ0n) is 9.05. The van der Waals surface area contributed by atoms with Crippen LogP contribution in [-0.4, -0.2) is 12.6 Å². The molecule has 0 saturated heterocycles. The lowest BCUT2D eigenvalue weighted by Crippen LogP contribution is -2.04. The van der Waals surface area contributed by atoms with Gasteiger partial charge in [-0.05, 0) is 57.1 Å². The molecule has 0 bridgehead atoms. The Balaban J connectivity index is 2.93. The van der Waals surface area contributed by atoms with Crippen LogP contribution < -0.4 is 9.47 Å². The van der Waals surface area contributed by atoms with Gasteiger partial charge in [0.25, 0.3) is 0 Å². The first kappa shape index (κ1) is 13.8. The molecule has 0 saturated carbocycles. The minimum atomic E-state index is -0.327. The summed E-state index contributed by atoms with van der Waals surface area (Å²) >= 11 is 5.54. The standard InChI is InChI=1S/C11H12BrIO3/c1-3-6-15-8-4-5-9(16-7(2)14)11(13)10(8)12/h4-5H,3,6H2,1-2H3. The summed E-state index contributed by atoms with van der Waals surface area (Å²) in [5.74, 6) is 0.984. The summed E-state index contributed by atoms with van der Waals surface area (Å²) in [6, 6.07) is 3.53. The molecule has 0 aromatic heterocycles. The Kier molecular flexibility index (Phi) is 5.54. The van der Waals surface area contributed by atoms with Crippen molar-refractivity contribution in [1.29, 1.82) is 0 Å². The van der Waals surface area contributed by atoms with E-state index >= 15 is 0 Å². The monoisotopic (exact) mass is 398 g/mol. The molecule has 16 heavy (non-hydrogen) atoms. The molecule has 1 aromatic carbocycles. The number of carbonyl (C=O) groups is 1. The van der Waals surface area contributed by atoms with Gasteiger partial charge in [-0.1, -0.05) is 6.92 Å². The Morgan fingerprint density at radius 1 is 1.44 bits per heavy atom. The maximum Gasteiger partial charge on any atom is 0.308 e. The Morgan fingerprint density at radius 2 is 2.06 bits per heavy atom. The summed E-state index contributed by atoms with van der Waals surface area (Å²) in [7, 11) is 0. The molecule has 0 fully saturated rings. The molecule has 1 rings (SSSR count). The quantitative estimate of drug-likeness (QED) is 0.440. The number of esters is 1. The maximum atomic E-state index is 10.9. The van der Waals surface area contributed by atoms with Crippen molar-refractivity contribution in [3.05, 3.63) is 20.2 Å². The van der Waals surface area contributed by atoms with Crippen molar-refractivity contribution >= 4 is 44.5 Å². The van der Waals surface area contributed by atoms with E-state index in [1.54, 1.807) is 12.1 Å². The van der Waals surface area contributed by atoms with Gasteiger partial charge in [-0.15, -0.1) is 0 Å². The van der Waals surface area contributed by atoms with E-state index in [0.717, 1.165) is 20.2 Å². The largest absolute Gasteiger partial charge is 0.492 e. The average molecular weight is 399 g/mol. The lowest BCUT2D eigenvalue weighted by molar-refractivity contribution is -0.131. The normalized spacial score (nSPS) is 10.0. The molecule has 0 atom stereocenters. The third-order valence-corrected chi connectivity index (χ3v) is 4.33. The smallest absolute Gasteiger partial charge is 0.308 e. The number of ether oxygens (including phenoxy) is 2. The fourth-order valence-electron chi connectivity index (χ4n) is 1.07. The maximum absolute atomic E-state index is 10.9. The van der Waals surface area contributed by atoms with E-state index < -0.39 is 0 Å². The first-order valence-corrected chi connectivity index (χ1v) is 6.72. The Morgan fingerprint density at radius 3 is 2.62 bits per heavy atom. The SMILES string of the molecule is CCCOc1ccc(OC(C)=O)c(I)c1Br. The van der Waals surface area contributed by atoms with Gasteiger partial charge in [-0.3, -0.25) is 4.79 Å². The molecule has 0 heterocycles. The molecule has 0 aliphatic rings. The van der Waals surface area contributed by atoms with E-state index in [0.29, 0.717) is 12.4 Å². The number of benzene rings is 1. The molecule has 0 aliphatic carbocycles. The van der Waals surface area contributed by atoms with Crippen LogP contribution in [0.15, 0.2) is 16.6 Å². The first-order chi connectivity index (χ1) is 7.56. The second-order valence-electron chi connectivity index (χ2n) is 3.13. The van der Waals surface area contributed by atoms with Crippen molar-refractivity contribution < 1.29 is 14.3 Å². The molecule has 0 aliphatic heterocycles. The van der Waals surface area contributed by atoms with Gasteiger partial charge < -0.3 is 9.47 Å². The topological polar surface area (TPSA) is 35.5 Å². The fourth-order valence-corrected chi connectivity index (χ4v) is 2.07. The van der Waals surface area contributed by atoms with Crippen LogP contribution in [0.3, 0.4) is 0 Å². The van der Waals surface area contributed by atoms with E-state index in [-0.39, 0.29) is 5.97 Å². The molecule has 0 radical (unpaired) electrons. The van der Waals surface area contributed by atoms with Crippen LogP contribution in [0.1, 0.15) is 20.3 Å². The van der Waals surface area contributed by atoms with Crippen LogP contribution in [0, 0.1) is 3.57 Å². The lowest BCUT2D eigenvalue weighted by atomic mass is 10.3. The van der Waals surface area contributed by atoms with Crippen molar-refractivity contribution in [3.8, 4) is 11.5 Å². The van der Waals surface area contributed by atoms with E-state index in [4.69, 9.17) is 9.47 Å². The molecular formula is C11H12BrIO3.